The molecule has 0 amide bonds. The smallest absolute Gasteiger partial charge is 0.330 e. The van der Waals surface area contributed by atoms with Crippen LogP contribution in [0, 0.1) is 0 Å². The SMILES string of the molecule is CC1(N)CCN(CCCCn2ccc(Nc3ccc(CNCCCN)cn3)nc2=O)CC1.Cl. The minimum absolute atomic E-state index is 0. The van der Waals surface area contributed by atoms with Crippen LogP contribution in [0.2, 0.25) is 0 Å². The molecule has 9 nitrogen and oxygen atoms in total. The molecule has 0 spiro atoms. The first kappa shape index (κ1) is 27.2. The number of hydrogen-bond acceptors (Lipinski definition) is 8. The lowest BCUT2D eigenvalue weighted by Gasteiger charge is -2.36. The van der Waals surface area contributed by atoms with Gasteiger partial charge in [-0.15, -0.1) is 12.4 Å². The number of nitrogens with zero attached hydrogens (tertiary/aromatic N) is 4. The van der Waals surface area contributed by atoms with Gasteiger partial charge in [-0.3, -0.25) is 4.57 Å². The zero-order valence-corrected chi connectivity index (χ0v) is 20.4. The van der Waals surface area contributed by atoms with Crippen LogP contribution >= 0.6 is 12.4 Å². The molecule has 0 radical (unpaired) electrons. The van der Waals surface area contributed by atoms with Crippen LogP contribution in [-0.4, -0.2) is 57.7 Å². The minimum atomic E-state index is -0.243. The van der Waals surface area contributed by atoms with Crippen LogP contribution in [0.1, 0.15) is 44.6 Å². The van der Waals surface area contributed by atoms with E-state index in [-0.39, 0.29) is 23.6 Å². The highest BCUT2D eigenvalue weighted by atomic mass is 35.5. The molecule has 10 heteroatoms. The maximum atomic E-state index is 12.4. The summed E-state index contributed by atoms with van der Waals surface area (Å²) in [6, 6.07) is 5.71. The summed E-state index contributed by atoms with van der Waals surface area (Å²) in [7, 11) is 0. The molecule has 1 saturated heterocycles. The summed E-state index contributed by atoms with van der Waals surface area (Å²) in [5, 5.41) is 6.43. The van der Waals surface area contributed by atoms with Gasteiger partial charge in [0.25, 0.3) is 0 Å². The quantitative estimate of drug-likeness (QED) is 0.340. The van der Waals surface area contributed by atoms with E-state index >= 15 is 0 Å². The Balaban J connectivity index is 0.00000385. The molecular weight excluding hydrogens is 440 g/mol. The van der Waals surface area contributed by atoms with Crippen molar-refractivity contribution in [3.63, 3.8) is 0 Å². The number of halogens is 1. The largest absolute Gasteiger partial charge is 0.349 e. The third-order valence-electron chi connectivity index (χ3n) is 5.96. The maximum Gasteiger partial charge on any atom is 0.349 e. The van der Waals surface area contributed by atoms with E-state index in [9.17, 15) is 4.79 Å². The molecule has 6 N–H and O–H groups in total. The van der Waals surface area contributed by atoms with Gasteiger partial charge in [-0.05, 0) is 89.4 Å². The highest BCUT2D eigenvalue weighted by molar-refractivity contribution is 5.85. The Kier molecular flexibility index (Phi) is 11.2. The summed E-state index contributed by atoms with van der Waals surface area (Å²) in [6.07, 6.45) is 8.68. The second kappa shape index (κ2) is 13.6. The van der Waals surface area contributed by atoms with Crippen LogP contribution in [-0.2, 0) is 13.1 Å². The highest BCUT2D eigenvalue weighted by Gasteiger charge is 2.25. The second-order valence-electron chi connectivity index (χ2n) is 8.99. The van der Waals surface area contributed by atoms with E-state index in [0.29, 0.717) is 24.7 Å². The van der Waals surface area contributed by atoms with E-state index < -0.39 is 0 Å². The van der Waals surface area contributed by atoms with Gasteiger partial charge >= 0.3 is 5.69 Å². The van der Waals surface area contributed by atoms with Gasteiger partial charge < -0.3 is 27.0 Å². The summed E-state index contributed by atoms with van der Waals surface area (Å²) in [5.74, 6) is 1.17. The molecule has 0 unspecified atom stereocenters. The Labute approximate surface area is 202 Å². The van der Waals surface area contributed by atoms with Crippen molar-refractivity contribution in [3.8, 4) is 0 Å². The van der Waals surface area contributed by atoms with E-state index in [4.69, 9.17) is 11.5 Å². The summed E-state index contributed by atoms with van der Waals surface area (Å²) in [5.41, 5.74) is 12.5. The van der Waals surface area contributed by atoms with E-state index in [1.807, 2.05) is 24.4 Å². The Morgan fingerprint density at radius 3 is 2.52 bits per heavy atom. The number of aryl methyl sites for hydroxylation is 1. The van der Waals surface area contributed by atoms with Crippen molar-refractivity contribution in [1.29, 1.82) is 0 Å². The number of piperidine rings is 1. The van der Waals surface area contributed by atoms with Crippen molar-refractivity contribution in [3.05, 3.63) is 46.6 Å². The van der Waals surface area contributed by atoms with Gasteiger partial charge in [-0.25, -0.2) is 9.78 Å². The van der Waals surface area contributed by atoms with Crippen LogP contribution in [0.5, 0.6) is 0 Å². The van der Waals surface area contributed by atoms with Gasteiger partial charge in [0.05, 0.1) is 0 Å². The van der Waals surface area contributed by atoms with E-state index in [1.54, 1.807) is 10.8 Å². The Bertz CT molecular complexity index is 877. The number of anilines is 2. The van der Waals surface area contributed by atoms with Crippen molar-refractivity contribution in [2.75, 3.05) is 38.0 Å². The standard InChI is InChI=1S/C23H38N8O.ClH/c1-23(25)8-15-30(16-9-23)12-2-3-13-31-14-7-21(29-22(31)32)28-20-6-5-19(18-27-20)17-26-11-4-10-24;/h5-7,14,18,26H,2-4,8-13,15-17,24-25H2,1H3,(H,27,28,29,32);1H. The number of rotatable bonds is 12. The lowest BCUT2D eigenvalue weighted by atomic mass is 9.91. The van der Waals surface area contributed by atoms with E-state index in [1.165, 1.54) is 0 Å². The zero-order chi connectivity index (χ0) is 22.8. The fourth-order valence-electron chi connectivity index (χ4n) is 3.77. The molecule has 3 rings (SSSR count). The monoisotopic (exact) mass is 478 g/mol. The molecule has 1 fully saturated rings. The minimum Gasteiger partial charge on any atom is -0.330 e. The average Bonchev–Trinajstić information content (AvgIpc) is 2.77. The number of likely N-dealkylation sites (tertiary alicyclic amines) is 1. The predicted molar refractivity (Wildman–Crippen MR) is 136 cm³/mol. The fourth-order valence-corrected chi connectivity index (χ4v) is 3.77. The molecule has 184 valence electrons. The lowest BCUT2D eigenvalue weighted by Crippen LogP contribution is -2.48. The van der Waals surface area contributed by atoms with Crippen LogP contribution < -0.4 is 27.8 Å². The molecule has 3 heterocycles. The summed E-state index contributed by atoms with van der Waals surface area (Å²) < 4.78 is 1.67. The topological polar surface area (TPSA) is 127 Å². The molecule has 2 aromatic rings. The first-order valence-electron chi connectivity index (χ1n) is 11.7. The number of hydrogen-bond donors (Lipinski definition) is 4. The van der Waals surface area contributed by atoms with Crippen molar-refractivity contribution in [2.24, 2.45) is 11.5 Å². The third-order valence-corrected chi connectivity index (χ3v) is 5.96. The molecule has 0 atom stereocenters. The molecule has 0 saturated carbocycles. The number of nitrogens with one attached hydrogen (secondary N) is 2. The van der Waals surface area contributed by atoms with Crippen molar-refractivity contribution >= 4 is 24.0 Å². The third kappa shape index (κ3) is 9.38. The number of pyridine rings is 1. The molecule has 2 aromatic heterocycles. The van der Waals surface area contributed by atoms with Gasteiger partial charge in [0.15, 0.2) is 0 Å². The first-order chi connectivity index (χ1) is 15.4. The molecular formula is C23H39ClN8O. The summed E-state index contributed by atoms with van der Waals surface area (Å²) >= 11 is 0. The molecule has 33 heavy (non-hydrogen) atoms. The molecule has 1 aliphatic rings. The van der Waals surface area contributed by atoms with Crippen LogP contribution in [0.15, 0.2) is 35.4 Å². The Morgan fingerprint density at radius 2 is 1.85 bits per heavy atom. The van der Waals surface area contributed by atoms with Crippen LogP contribution in [0.25, 0.3) is 0 Å². The van der Waals surface area contributed by atoms with E-state index in [0.717, 1.165) is 70.4 Å². The van der Waals surface area contributed by atoms with Gasteiger partial charge in [0.2, 0.25) is 0 Å². The van der Waals surface area contributed by atoms with Gasteiger partial charge in [-0.2, -0.15) is 4.98 Å². The van der Waals surface area contributed by atoms with E-state index in [2.05, 4.69) is 32.4 Å². The van der Waals surface area contributed by atoms with Crippen molar-refractivity contribution in [2.45, 2.75) is 57.7 Å². The molecule has 0 bridgehead atoms. The average molecular weight is 479 g/mol. The van der Waals surface area contributed by atoms with Crippen LogP contribution in [0.3, 0.4) is 0 Å². The van der Waals surface area contributed by atoms with Gasteiger partial charge in [0, 0.05) is 31.0 Å². The first-order valence-corrected chi connectivity index (χ1v) is 11.7. The van der Waals surface area contributed by atoms with Crippen molar-refractivity contribution < 1.29 is 0 Å². The van der Waals surface area contributed by atoms with Crippen molar-refractivity contribution in [1.82, 2.24) is 24.8 Å². The molecule has 0 aliphatic carbocycles. The number of unbranched alkanes of at least 4 members (excludes halogenated alkanes) is 1. The molecule has 1 aliphatic heterocycles. The van der Waals surface area contributed by atoms with Gasteiger partial charge in [0.1, 0.15) is 11.6 Å². The van der Waals surface area contributed by atoms with Gasteiger partial charge in [-0.1, -0.05) is 6.07 Å². The Morgan fingerprint density at radius 1 is 1.09 bits per heavy atom. The Hall–Kier alpha value is -2.04. The number of aromatic nitrogens is 3. The number of nitrogens with two attached hydrogens (primary N) is 2. The summed E-state index contributed by atoms with van der Waals surface area (Å²) in [4.78, 5) is 23.4. The van der Waals surface area contributed by atoms with Crippen LogP contribution in [0.4, 0.5) is 11.6 Å². The lowest BCUT2D eigenvalue weighted by molar-refractivity contribution is 0.169. The summed E-state index contributed by atoms with van der Waals surface area (Å²) in [6.45, 7) is 8.34. The zero-order valence-electron chi connectivity index (χ0n) is 19.6. The normalized spacial score (nSPS) is 15.7. The molecule has 0 aromatic carbocycles. The maximum absolute atomic E-state index is 12.4. The fraction of sp³-hybridized carbons (Fsp3) is 0.609. The predicted octanol–water partition coefficient (Wildman–Crippen LogP) is 1.84. The second-order valence-corrected chi connectivity index (χ2v) is 8.99. The highest BCUT2D eigenvalue weighted by Crippen LogP contribution is 2.18.